The second kappa shape index (κ2) is 5.04. The predicted molar refractivity (Wildman–Crippen MR) is 69.0 cm³/mol. The van der Waals surface area contributed by atoms with E-state index in [0.29, 0.717) is 18.0 Å². The smallest absolute Gasteiger partial charge is 0.357 e. The quantitative estimate of drug-likeness (QED) is 0.780. The molecule has 18 heavy (non-hydrogen) atoms. The molecule has 0 saturated heterocycles. The molecule has 0 aliphatic heterocycles. The minimum atomic E-state index is -0.334. The Hall–Kier alpha value is -2.10. The van der Waals surface area contributed by atoms with Crippen molar-refractivity contribution < 1.29 is 9.53 Å². The van der Waals surface area contributed by atoms with E-state index < -0.39 is 0 Å². The van der Waals surface area contributed by atoms with Crippen molar-refractivity contribution in [1.29, 1.82) is 0 Å². The summed E-state index contributed by atoms with van der Waals surface area (Å²) in [6.07, 6.45) is 0. The molecule has 0 amide bonds. The molecule has 4 nitrogen and oxygen atoms in total. The van der Waals surface area contributed by atoms with Crippen LogP contribution in [0.1, 0.15) is 28.9 Å². The van der Waals surface area contributed by atoms with Gasteiger partial charge in [0, 0.05) is 5.69 Å². The number of para-hydroxylation sites is 1. The second-order valence-corrected chi connectivity index (χ2v) is 3.98. The number of rotatable bonds is 3. The molecule has 0 aliphatic rings. The van der Waals surface area contributed by atoms with Crippen LogP contribution in [-0.4, -0.2) is 22.1 Å². The van der Waals surface area contributed by atoms with E-state index in [1.165, 1.54) is 0 Å². The van der Waals surface area contributed by atoms with Gasteiger partial charge in [0.25, 0.3) is 0 Å². The summed E-state index contributed by atoms with van der Waals surface area (Å²) in [4.78, 5) is 16.3. The van der Waals surface area contributed by atoms with E-state index in [0.717, 1.165) is 11.5 Å². The van der Waals surface area contributed by atoms with Crippen LogP contribution in [0.15, 0.2) is 30.3 Å². The maximum absolute atomic E-state index is 12.0. The summed E-state index contributed by atoms with van der Waals surface area (Å²) in [5.41, 5.74) is 2.11. The molecular formula is C14H16N2O2. The van der Waals surface area contributed by atoms with Crippen molar-refractivity contribution in [3.05, 3.63) is 47.5 Å². The van der Waals surface area contributed by atoms with Crippen molar-refractivity contribution in [2.45, 2.75) is 20.8 Å². The number of hydrogen-bond acceptors (Lipinski definition) is 3. The van der Waals surface area contributed by atoms with E-state index in [9.17, 15) is 4.79 Å². The van der Waals surface area contributed by atoms with Crippen LogP contribution in [0.2, 0.25) is 0 Å². The number of aryl methyl sites for hydroxylation is 2. The standard InChI is InChI=1S/C14H16N2O2/c1-4-18-14(17)13-10(2)15-11(3)16(13)12-8-6-5-7-9-12/h5-9H,4H2,1-3H3. The first-order valence-electron chi connectivity index (χ1n) is 5.93. The number of benzene rings is 1. The van der Waals surface area contributed by atoms with E-state index >= 15 is 0 Å². The highest BCUT2D eigenvalue weighted by atomic mass is 16.5. The zero-order valence-corrected chi connectivity index (χ0v) is 10.8. The minimum absolute atomic E-state index is 0.334. The third kappa shape index (κ3) is 2.14. The van der Waals surface area contributed by atoms with Gasteiger partial charge in [-0.2, -0.15) is 0 Å². The molecule has 0 unspecified atom stereocenters. The molecule has 0 fully saturated rings. The normalized spacial score (nSPS) is 10.4. The van der Waals surface area contributed by atoms with Crippen LogP contribution in [0.5, 0.6) is 0 Å². The fourth-order valence-corrected chi connectivity index (χ4v) is 2.00. The summed E-state index contributed by atoms with van der Waals surface area (Å²) in [6.45, 7) is 5.85. The molecule has 0 atom stereocenters. The molecular weight excluding hydrogens is 228 g/mol. The van der Waals surface area contributed by atoms with Crippen LogP contribution in [0.25, 0.3) is 5.69 Å². The van der Waals surface area contributed by atoms with Crippen LogP contribution < -0.4 is 0 Å². The van der Waals surface area contributed by atoms with Gasteiger partial charge in [-0.15, -0.1) is 0 Å². The first-order valence-corrected chi connectivity index (χ1v) is 5.93. The molecule has 0 aliphatic carbocycles. The van der Waals surface area contributed by atoms with Crippen molar-refractivity contribution in [2.24, 2.45) is 0 Å². The third-order valence-electron chi connectivity index (χ3n) is 2.70. The molecule has 94 valence electrons. The average molecular weight is 244 g/mol. The van der Waals surface area contributed by atoms with Crippen molar-refractivity contribution in [3.8, 4) is 5.69 Å². The van der Waals surface area contributed by atoms with Gasteiger partial charge < -0.3 is 4.74 Å². The van der Waals surface area contributed by atoms with Crippen LogP contribution in [-0.2, 0) is 4.74 Å². The average Bonchev–Trinajstić information content (AvgIpc) is 2.65. The Balaban J connectivity index is 2.57. The summed E-state index contributed by atoms with van der Waals surface area (Å²) < 4.78 is 6.91. The topological polar surface area (TPSA) is 44.1 Å². The van der Waals surface area contributed by atoms with Crippen molar-refractivity contribution in [3.63, 3.8) is 0 Å². The zero-order chi connectivity index (χ0) is 13.1. The molecule has 0 saturated carbocycles. The number of hydrogen-bond donors (Lipinski definition) is 0. The van der Waals surface area contributed by atoms with Gasteiger partial charge >= 0.3 is 5.97 Å². The van der Waals surface area contributed by atoms with E-state index in [2.05, 4.69) is 4.98 Å². The molecule has 0 N–H and O–H groups in total. The lowest BCUT2D eigenvalue weighted by Gasteiger charge is -2.09. The van der Waals surface area contributed by atoms with Crippen molar-refractivity contribution in [2.75, 3.05) is 6.61 Å². The van der Waals surface area contributed by atoms with E-state index in [4.69, 9.17) is 4.74 Å². The first kappa shape index (κ1) is 12.4. The highest BCUT2D eigenvalue weighted by molar-refractivity contribution is 5.89. The number of carbonyl (C=O) groups excluding carboxylic acids is 1. The Kier molecular flexibility index (Phi) is 3.46. The van der Waals surface area contributed by atoms with Gasteiger partial charge in [0.05, 0.1) is 12.3 Å². The molecule has 1 aromatic carbocycles. The second-order valence-electron chi connectivity index (χ2n) is 3.98. The number of nitrogens with zero attached hydrogens (tertiary/aromatic N) is 2. The molecule has 2 aromatic rings. The number of ether oxygens (including phenoxy) is 1. The molecule has 1 aromatic heterocycles. The van der Waals surface area contributed by atoms with Crippen LogP contribution in [0.4, 0.5) is 0 Å². The molecule has 0 bridgehead atoms. The molecule has 1 heterocycles. The lowest BCUT2D eigenvalue weighted by atomic mass is 10.3. The lowest BCUT2D eigenvalue weighted by Crippen LogP contribution is -2.13. The summed E-state index contributed by atoms with van der Waals surface area (Å²) in [6, 6.07) is 9.68. The Labute approximate surface area is 106 Å². The van der Waals surface area contributed by atoms with E-state index in [-0.39, 0.29) is 5.97 Å². The maximum atomic E-state index is 12.0. The summed E-state index contributed by atoms with van der Waals surface area (Å²) in [5.74, 6) is 0.446. The van der Waals surface area contributed by atoms with Gasteiger partial charge in [-0.1, -0.05) is 18.2 Å². The highest BCUT2D eigenvalue weighted by Crippen LogP contribution is 2.18. The number of esters is 1. The van der Waals surface area contributed by atoms with Gasteiger partial charge in [-0.25, -0.2) is 9.78 Å². The number of aromatic nitrogens is 2. The fourth-order valence-electron chi connectivity index (χ4n) is 2.00. The van der Waals surface area contributed by atoms with Crippen LogP contribution in [0, 0.1) is 13.8 Å². The Morgan fingerprint density at radius 1 is 1.28 bits per heavy atom. The predicted octanol–water partition coefficient (Wildman–Crippen LogP) is 2.67. The van der Waals surface area contributed by atoms with Crippen molar-refractivity contribution in [1.82, 2.24) is 9.55 Å². The molecule has 2 rings (SSSR count). The maximum Gasteiger partial charge on any atom is 0.357 e. The largest absolute Gasteiger partial charge is 0.461 e. The van der Waals surface area contributed by atoms with Gasteiger partial charge in [0.1, 0.15) is 5.82 Å². The Bertz CT molecular complexity index is 559. The fraction of sp³-hybridized carbons (Fsp3) is 0.286. The van der Waals surface area contributed by atoms with E-state index in [1.54, 1.807) is 6.92 Å². The zero-order valence-electron chi connectivity index (χ0n) is 10.8. The van der Waals surface area contributed by atoms with E-state index in [1.807, 2.05) is 48.7 Å². The Morgan fingerprint density at radius 2 is 1.94 bits per heavy atom. The lowest BCUT2D eigenvalue weighted by molar-refractivity contribution is 0.0516. The third-order valence-corrected chi connectivity index (χ3v) is 2.70. The minimum Gasteiger partial charge on any atom is -0.461 e. The van der Waals surface area contributed by atoms with Gasteiger partial charge in [-0.05, 0) is 32.9 Å². The SMILES string of the molecule is CCOC(=O)c1c(C)nc(C)n1-c1ccccc1. The summed E-state index contributed by atoms with van der Waals surface area (Å²) >= 11 is 0. The number of imidazole rings is 1. The monoisotopic (exact) mass is 244 g/mol. The summed E-state index contributed by atoms with van der Waals surface area (Å²) in [7, 11) is 0. The molecule has 0 radical (unpaired) electrons. The Morgan fingerprint density at radius 3 is 2.56 bits per heavy atom. The van der Waals surface area contributed by atoms with Gasteiger partial charge in [0.2, 0.25) is 0 Å². The van der Waals surface area contributed by atoms with Crippen LogP contribution in [0.3, 0.4) is 0 Å². The highest BCUT2D eigenvalue weighted by Gasteiger charge is 2.20. The van der Waals surface area contributed by atoms with Crippen LogP contribution >= 0.6 is 0 Å². The number of carbonyl (C=O) groups is 1. The van der Waals surface area contributed by atoms with Gasteiger partial charge in [0.15, 0.2) is 5.69 Å². The van der Waals surface area contributed by atoms with Crippen molar-refractivity contribution >= 4 is 5.97 Å². The van der Waals surface area contributed by atoms with Gasteiger partial charge in [-0.3, -0.25) is 4.57 Å². The first-order chi connectivity index (χ1) is 8.65. The molecule has 0 spiro atoms. The summed E-state index contributed by atoms with van der Waals surface area (Å²) in [5, 5.41) is 0. The molecule has 4 heteroatoms.